The van der Waals surface area contributed by atoms with Crippen LogP contribution in [-0.4, -0.2) is 49.2 Å². The molecule has 4 amide bonds. The fraction of sp³-hybridized carbons (Fsp3) is 0.353. The number of imide groups is 2. The molecule has 2 N–H and O–H groups in total. The van der Waals surface area contributed by atoms with Gasteiger partial charge in [-0.2, -0.15) is 0 Å². The second kappa shape index (κ2) is 7.04. The van der Waals surface area contributed by atoms with Crippen molar-refractivity contribution in [3.05, 3.63) is 42.1 Å². The SMILES string of the molecule is C=C(NN1CCOCC1)[C@H]1C(=O)NC(=O)N(c2ccccc2C)C1=O. The summed E-state index contributed by atoms with van der Waals surface area (Å²) in [6, 6.07) is 6.25. The molecule has 2 aliphatic rings. The number of anilines is 1. The number of nitrogens with one attached hydrogen (secondary N) is 2. The van der Waals surface area contributed by atoms with Crippen LogP contribution in [0.5, 0.6) is 0 Å². The molecular weight excluding hydrogens is 324 g/mol. The number of para-hydroxylation sites is 1. The highest BCUT2D eigenvalue weighted by molar-refractivity contribution is 6.28. The molecule has 8 heteroatoms. The number of hydrogen-bond acceptors (Lipinski definition) is 6. The highest BCUT2D eigenvalue weighted by Crippen LogP contribution is 2.26. The van der Waals surface area contributed by atoms with E-state index in [0.717, 1.165) is 10.5 Å². The van der Waals surface area contributed by atoms with Gasteiger partial charge in [-0.3, -0.25) is 14.9 Å². The molecule has 25 heavy (non-hydrogen) atoms. The number of carbonyl (C=O) groups is 3. The number of rotatable bonds is 4. The van der Waals surface area contributed by atoms with Gasteiger partial charge in [0.05, 0.1) is 18.9 Å². The monoisotopic (exact) mass is 344 g/mol. The molecule has 0 bridgehead atoms. The minimum atomic E-state index is -1.18. The smallest absolute Gasteiger partial charge is 0.335 e. The number of barbiturate groups is 1. The van der Waals surface area contributed by atoms with Crippen LogP contribution >= 0.6 is 0 Å². The molecule has 1 atom stereocenters. The van der Waals surface area contributed by atoms with Crippen LogP contribution in [0.4, 0.5) is 10.5 Å². The van der Waals surface area contributed by atoms with Gasteiger partial charge in [-0.1, -0.05) is 24.8 Å². The summed E-state index contributed by atoms with van der Waals surface area (Å²) < 4.78 is 5.26. The lowest BCUT2D eigenvalue weighted by Crippen LogP contribution is -2.60. The Labute approximate surface area is 145 Å². The molecule has 1 aromatic rings. The summed E-state index contributed by atoms with van der Waals surface area (Å²) in [5, 5.41) is 4.07. The second-order valence-corrected chi connectivity index (χ2v) is 5.92. The average molecular weight is 344 g/mol. The number of urea groups is 1. The maximum Gasteiger partial charge on any atom is 0.335 e. The Morgan fingerprint density at radius 2 is 1.92 bits per heavy atom. The number of benzene rings is 1. The molecule has 0 radical (unpaired) electrons. The minimum absolute atomic E-state index is 0.232. The third-order valence-corrected chi connectivity index (χ3v) is 4.18. The van der Waals surface area contributed by atoms with Crippen LogP contribution in [0.25, 0.3) is 0 Å². The van der Waals surface area contributed by atoms with E-state index in [1.807, 2.05) is 11.1 Å². The van der Waals surface area contributed by atoms with Gasteiger partial charge < -0.3 is 10.2 Å². The number of ether oxygens (including phenoxy) is 1. The molecule has 0 spiro atoms. The standard InChI is InChI=1S/C17H20N4O4/c1-11-5-3-4-6-13(11)21-16(23)14(15(22)18-17(21)24)12(2)19-20-7-9-25-10-8-20/h3-6,14,19H,2,7-10H2,1H3,(H,18,22,24)/t14-/m0/s1. The van der Waals surface area contributed by atoms with Crippen molar-refractivity contribution in [1.29, 1.82) is 0 Å². The molecular formula is C17H20N4O4. The van der Waals surface area contributed by atoms with E-state index < -0.39 is 23.8 Å². The molecule has 2 fully saturated rings. The van der Waals surface area contributed by atoms with Crippen LogP contribution in [-0.2, 0) is 14.3 Å². The molecule has 0 aliphatic carbocycles. The van der Waals surface area contributed by atoms with E-state index in [1.54, 1.807) is 25.1 Å². The van der Waals surface area contributed by atoms with Crippen molar-refractivity contribution < 1.29 is 19.1 Å². The van der Waals surface area contributed by atoms with Crippen molar-refractivity contribution in [2.24, 2.45) is 5.92 Å². The predicted octanol–water partition coefficient (Wildman–Crippen LogP) is 0.545. The maximum atomic E-state index is 12.9. The molecule has 2 heterocycles. The molecule has 2 aliphatic heterocycles. The van der Waals surface area contributed by atoms with Crippen molar-refractivity contribution in [3.8, 4) is 0 Å². The van der Waals surface area contributed by atoms with E-state index in [4.69, 9.17) is 4.74 Å². The first kappa shape index (κ1) is 17.1. The van der Waals surface area contributed by atoms with Gasteiger partial charge in [-0.15, -0.1) is 0 Å². The number of carbonyl (C=O) groups excluding carboxylic acids is 3. The van der Waals surface area contributed by atoms with Crippen LogP contribution < -0.4 is 15.6 Å². The third-order valence-electron chi connectivity index (χ3n) is 4.18. The lowest BCUT2D eigenvalue weighted by molar-refractivity contribution is -0.133. The molecule has 2 saturated heterocycles. The quantitative estimate of drug-likeness (QED) is 0.775. The first-order valence-corrected chi connectivity index (χ1v) is 8.01. The number of aryl methyl sites for hydroxylation is 1. The fourth-order valence-electron chi connectivity index (χ4n) is 2.87. The summed E-state index contributed by atoms with van der Waals surface area (Å²) in [6.45, 7) is 7.96. The number of amides is 4. The first-order chi connectivity index (χ1) is 12.0. The molecule has 132 valence electrons. The second-order valence-electron chi connectivity index (χ2n) is 5.92. The van der Waals surface area contributed by atoms with Crippen LogP contribution in [0, 0.1) is 12.8 Å². The molecule has 0 unspecified atom stereocenters. The van der Waals surface area contributed by atoms with E-state index in [2.05, 4.69) is 17.3 Å². The molecule has 1 aromatic carbocycles. The van der Waals surface area contributed by atoms with E-state index >= 15 is 0 Å². The Morgan fingerprint density at radius 1 is 1.24 bits per heavy atom. The van der Waals surface area contributed by atoms with E-state index in [-0.39, 0.29) is 5.70 Å². The number of morpholine rings is 1. The Hall–Kier alpha value is -2.71. The summed E-state index contributed by atoms with van der Waals surface area (Å²) >= 11 is 0. The summed E-state index contributed by atoms with van der Waals surface area (Å²) in [5.41, 5.74) is 4.42. The third kappa shape index (κ3) is 3.40. The van der Waals surface area contributed by atoms with Crippen LogP contribution in [0.1, 0.15) is 5.56 Å². The van der Waals surface area contributed by atoms with Gasteiger partial charge in [0.15, 0.2) is 5.92 Å². The number of nitrogens with zero attached hydrogens (tertiary/aromatic N) is 2. The summed E-state index contributed by atoms with van der Waals surface area (Å²) in [7, 11) is 0. The normalized spacial score (nSPS) is 21.9. The van der Waals surface area contributed by atoms with Crippen molar-refractivity contribution in [3.63, 3.8) is 0 Å². The lowest BCUT2D eigenvalue weighted by atomic mass is 10.0. The van der Waals surface area contributed by atoms with Crippen LogP contribution in [0.15, 0.2) is 36.5 Å². The fourth-order valence-corrected chi connectivity index (χ4v) is 2.87. The van der Waals surface area contributed by atoms with Crippen molar-refractivity contribution in [2.75, 3.05) is 31.2 Å². The summed E-state index contributed by atoms with van der Waals surface area (Å²) in [5.74, 6) is -2.47. The van der Waals surface area contributed by atoms with Gasteiger partial charge in [0.25, 0.3) is 5.91 Å². The van der Waals surface area contributed by atoms with Gasteiger partial charge in [0.2, 0.25) is 5.91 Å². The Kier molecular flexibility index (Phi) is 4.82. The topological polar surface area (TPSA) is 91.0 Å². The number of hydrazine groups is 1. The van der Waals surface area contributed by atoms with Crippen molar-refractivity contribution in [1.82, 2.24) is 15.8 Å². The largest absolute Gasteiger partial charge is 0.379 e. The minimum Gasteiger partial charge on any atom is -0.379 e. The molecule has 0 aromatic heterocycles. The summed E-state index contributed by atoms with van der Waals surface area (Å²) in [4.78, 5) is 38.3. The first-order valence-electron chi connectivity index (χ1n) is 8.01. The van der Waals surface area contributed by atoms with Gasteiger partial charge in [-0.25, -0.2) is 14.7 Å². The van der Waals surface area contributed by atoms with Gasteiger partial charge in [-0.05, 0) is 18.6 Å². The Balaban J connectivity index is 1.82. The Bertz CT molecular complexity index is 727. The van der Waals surface area contributed by atoms with Gasteiger partial charge in [0.1, 0.15) is 0 Å². The van der Waals surface area contributed by atoms with Gasteiger partial charge in [0, 0.05) is 18.8 Å². The lowest BCUT2D eigenvalue weighted by Gasteiger charge is -2.34. The average Bonchev–Trinajstić information content (AvgIpc) is 2.57. The molecule has 0 saturated carbocycles. The highest BCUT2D eigenvalue weighted by atomic mass is 16.5. The van der Waals surface area contributed by atoms with E-state index in [1.165, 1.54) is 0 Å². The molecule has 8 nitrogen and oxygen atoms in total. The van der Waals surface area contributed by atoms with E-state index in [0.29, 0.717) is 32.0 Å². The maximum absolute atomic E-state index is 12.9. The van der Waals surface area contributed by atoms with Crippen LogP contribution in [0.2, 0.25) is 0 Å². The zero-order chi connectivity index (χ0) is 18.0. The number of hydrogen-bond donors (Lipinski definition) is 2. The van der Waals surface area contributed by atoms with E-state index in [9.17, 15) is 14.4 Å². The zero-order valence-electron chi connectivity index (χ0n) is 13.9. The van der Waals surface area contributed by atoms with Crippen molar-refractivity contribution >= 4 is 23.5 Å². The Morgan fingerprint density at radius 3 is 2.60 bits per heavy atom. The van der Waals surface area contributed by atoms with Gasteiger partial charge >= 0.3 is 6.03 Å². The van der Waals surface area contributed by atoms with Crippen molar-refractivity contribution in [2.45, 2.75) is 6.92 Å². The summed E-state index contributed by atoms with van der Waals surface area (Å²) in [6.07, 6.45) is 0. The predicted molar refractivity (Wildman–Crippen MR) is 90.4 cm³/mol. The zero-order valence-corrected chi connectivity index (χ0v) is 13.9. The van der Waals surface area contributed by atoms with Crippen LogP contribution in [0.3, 0.4) is 0 Å². The highest BCUT2D eigenvalue weighted by Gasteiger charge is 2.43. The molecule has 3 rings (SSSR count).